The van der Waals surface area contributed by atoms with E-state index < -0.39 is 22.2 Å². The lowest BCUT2D eigenvalue weighted by Gasteiger charge is -2.20. The largest absolute Gasteiger partial charge is 0.494 e. The van der Waals surface area contributed by atoms with E-state index in [1.807, 2.05) is 44.2 Å². The van der Waals surface area contributed by atoms with E-state index in [0.717, 1.165) is 25.3 Å². The minimum absolute atomic E-state index is 0.192. The zero-order chi connectivity index (χ0) is 24.7. The van der Waals surface area contributed by atoms with E-state index in [2.05, 4.69) is 26.1 Å². The van der Waals surface area contributed by atoms with Gasteiger partial charge in [0.2, 0.25) is 10.3 Å². The quantitative estimate of drug-likeness (QED) is 0.324. The van der Waals surface area contributed by atoms with E-state index in [1.54, 1.807) is 0 Å². The van der Waals surface area contributed by atoms with Crippen molar-refractivity contribution in [3.05, 3.63) is 42.7 Å². The van der Waals surface area contributed by atoms with Crippen LogP contribution in [0.25, 0.3) is 0 Å². The second-order valence-electron chi connectivity index (χ2n) is 8.04. The third-order valence-electron chi connectivity index (χ3n) is 3.71. The molecule has 0 aromatic heterocycles. The van der Waals surface area contributed by atoms with Crippen molar-refractivity contribution in [1.82, 2.24) is 5.32 Å². The van der Waals surface area contributed by atoms with Crippen LogP contribution in [-0.4, -0.2) is 60.2 Å². The van der Waals surface area contributed by atoms with Crippen molar-refractivity contribution in [1.29, 1.82) is 0 Å². The first kappa shape index (κ1) is 29.1. The molecule has 1 aromatic carbocycles. The molecular formula is C22H33NO8S. The van der Waals surface area contributed by atoms with E-state index in [1.165, 1.54) is 12.3 Å². The van der Waals surface area contributed by atoms with Gasteiger partial charge in [0.25, 0.3) is 0 Å². The summed E-state index contributed by atoms with van der Waals surface area (Å²) in [6.45, 7) is 12.1. The van der Waals surface area contributed by atoms with Gasteiger partial charge >= 0.3 is 11.9 Å². The molecule has 9 nitrogen and oxygen atoms in total. The van der Waals surface area contributed by atoms with Crippen LogP contribution in [0.2, 0.25) is 0 Å². The highest BCUT2D eigenvalue weighted by Gasteiger charge is 2.23. The van der Waals surface area contributed by atoms with Crippen molar-refractivity contribution in [2.24, 2.45) is 5.92 Å². The number of carboxylic acids is 2. The summed E-state index contributed by atoms with van der Waals surface area (Å²) in [5.74, 6) is -2.50. The van der Waals surface area contributed by atoms with Gasteiger partial charge < -0.3 is 25.0 Å². The third-order valence-corrected chi connectivity index (χ3v) is 4.46. The molecule has 1 aromatic rings. The van der Waals surface area contributed by atoms with Gasteiger partial charge in [-0.3, -0.25) is 0 Å². The molecule has 1 heterocycles. The SMILES string of the molecule is CC(C)(C)NCCCOc1ccccc1.CC(C)C1OC=CC1=S(=O)=O.O=C(O)C(=O)O. The molecule has 1 atom stereocenters. The van der Waals surface area contributed by atoms with E-state index in [-0.39, 0.29) is 17.6 Å². The number of nitrogens with one attached hydrogen (secondary N) is 1. The van der Waals surface area contributed by atoms with Crippen molar-refractivity contribution in [2.75, 3.05) is 13.2 Å². The number of ether oxygens (including phenoxy) is 2. The summed E-state index contributed by atoms with van der Waals surface area (Å²) in [5, 5.41) is 18.2. The second-order valence-corrected chi connectivity index (χ2v) is 8.98. The summed E-state index contributed by atoms with van der Waals surface area (Å²) in [6, 6.07) is 9.94. The molecular weight excluding hydrogens is 438 g/mol. The Hall–Kier alpha value is -2.85. The molecule has 0 spiro atoms. The van der Waals surface area contributed by atoms with Crippen LogP contribution in [0.4, 0.5) is 0 Å². The molecule has 0 bridgehead atoms. The van der Waals surface area contributed by atoms with Crippen LogP contribution in [0.3, 0.4) is 0 Å². The minimum Gasteiger partial charge on any atom is -0.494 e. The molecule has 180 valence electrons. The predicted molar refractivity (Wildman–Crippen MR) is 122 cm³/mol. The molecule has 1 aliphatic heterocycles. The molecule has 3 N–H and O–H groups in total. The summed E-state index contributed by atoms with van der Waals surface area (Å²) in [6.07, 6.45) is 3.67. The second kappa shape index (κ2) is 15.0. The Morgan fingerprint density at radius 3 is 2.09 bits per heavy atom. The summed E-state index contributed by atoms with van der Waals surface area (Å²) < 4.78 is 31.8. The monoisotopic (exact) mass is 471 g/mol. The zero-order valence-electron chi connectivity index (χ0n) is 19.1. The fourth-order valence-electron chi connectivity index (χ4n) is 2.23. The molecule has 0 amide bonds. The maximum atomic E-state index is 10.5. The van der Waals surface area contributed by atoms with Crippen LogP contribution < -0.4 is 10.1 Å². The van der Waals surface area contributed by atoms with Crippen LogP contribution in [0.1, 0.15) is 41.0 Å². The number of para-hydroxylation sites is 1. The summed E-state index contributed by atoms with van der Waals surface area (Å²) >= 11 is 0. The van der Waals surface area contributed by atoms with Gasteiger partial charge in [-0.15, -0.1) is 0 Å². The van der Waals surface area contributed by atoms with Crippen molar-refractivity contribution < 1.29 is 37.7 Å². The molecule has 0 radical (unpaired) electrons. The first-order chi connectivity index (χ1) is 14.8. The van der Waals surface area contributed by atoms with Crippen molar-refractivity contribution in [2.45, 2.75) is 52.7 Å². The van der Waals surface area contributed by atoms with Gasteiger partial charge in [-0.25, -0.2) is 9.59 Å². The van der Waals surface area contributed by atoms with Gasteiger partial charge in [0.05, 0.1) is 12.9 Å². The average molecular weight is 472 g/mol. The summed E-state index contributed by atoms with van der Waals surface area (Å²) in [7, 11) is -2.14. The predicted octanol–water partition coefficient (Wildman–Crippen LogP) is 2.61. The van der Waals surface area contributed by atoms with E-state index in [0.29, 0.717) is 4.86 Å². The van der Waals surface area contributed by atoms with Crippen LogP contribution >= 0.6 is 0 Å². The molecule has 2 rings (SSSR count). The molecule has 1 unspecified atom stereocenters. The van der Waals surface area contributed by atoms with E-state index >= 15 is 0 Å². The topological polar surface area (TPSA) is 139 Å². The standard InChI is InChI=1S/C13H21NO.C7H10O3S.C2H2O4/c1-13(2,3)14-10-7-11-15-12-8-5-4-6-9-12;1-5(2)7-6(11(8)9)3-4-10-7;3-1(4)2(5)6/h4-6,8-9,14H,7,10-11H2,1-3H3;3-5,7H,1-2H3;(H,3,4)(H,5,6). The number of hydrogen-bond donors (Lipinski definition) is 3. The van der Waals surface area contributed by atoms with Crippen molar-refractivity contribution >= 4 is 27.1 Å². The Balaban J connectivity index is 0.000000496. The van der Waals surface area contributed by atoms with Gasteiger partial charge in [-0.1, -0.05) is 32.0 Å². The summed E-state index contributed by atoms with van der Waals surface area (Å²) in [5.41, 5.74) is 0.201. The third kappa shape index (κ3) is 14.2. The number of hydrogen-bond acceptors (Lipinski definition) is 7. The molecule has 1 aliphatic rings. The Bertz CT molecular complexity index is 851. The number of carbonyl (C=O) groups is 2. The smallest absolute Gasteiger partial charge is 0.414 e. The number of benzene rings is 1. The average Bonchev–Trinajstić information content (AvgIpc) is 3.19. The van der Waals surface area contributed by atoms with Crippen molar-refractivity contribution in [3.8, 4) is 5.75 Å². The Morgan fingerprint density at radius 1 is 1.12 bits per heavy atom. The number of aliphatic carboxylic acids is 2. The van der Waals surface area contributed by atoms with Crippen LogP contribution in [0.15, 0.2) is 42.7 Å². The maximum absolute atomic E-state index is 10.5. The Kier molecular flexibility index (Phi) is 13.7. The Morgan fingerprint density at radius 2 is 1.69 bits per heavy atom. The fraction of sp³-hybridized carbons (Fsp3) is 0.500. The minimum atomic E-state index is -2.14. The van der Waals surface area contributed by atoms with Gasteiger partial charge in [0.15, 0.2) is 0 Å². The highest BCUT2D eigenvalue weighted by Crippen LogP contribution is 2.14. The highest BCUT2D eigenvalue weighted by molar-refractivity contribution is 7.73. The first-order valence-corrected chi connectivity index (χ1v) is 11.1. The lowest BCUT2D eigenvalue weighted by Crippen LogP contribution is -2.36. The number of rotatable bonds is 6. The van der Waals surface area contributed by atoms with Crippen LogP contribution in [0, 0.1) is 5.92 Å². The molecule has 10 heteroatoms. The summed E-state index contributed by atoms with van der Waals surface area (Å²) in [4.78, 5) is 18.5. The molecule has 0 fully saturated rings. The Labute approximate surface area is 190 Å². The highest BCUT2D eigenvalue weighted by atomic mass is 32.2. The van der Waals surface area contributed by atoms with Crippen molar-refractivity contribution in [3.63, 3.8) is 0 Å². The van der Waals surface area contributed by atoms with Gasteiger partial charge in [0.1, 0.15) is 16.7 Å². The van der Waals surface area contributed by atoms with E-state index in [9.17, 15) is 8.42 Å². The molecule has 32 heavy (non-hydrogen) atoms. The lowest BCUT2D eigenvalue weighted by atomic mass is 10.1. The van der Waals surface area contributed by atoms with Crippen LogP contribution in [-0.2, 0) is 24.6 Å². The van der Waals surface area contributed by atoms with Gasteiger partial charge in [-0.05, 0) is 57.9 Å². The zero-order valence-corrected chi connectivity index (χ0v) is 19.9. The number of carboxylic acid groups (broad SMARTS) is 2. The normalized spacial score (nSPS) is 14.4. The van der Waals surface area contributed by atoms with Crippen LogP contribution in [0.5, 0.6) is 5.75 Å². The lowest BCUT2D eigenvalue weighted by molar-refractivity contribution is -0.159. The maximum Gasteiger partial charge on any atom is 0.414 e. The molecule has 0 saturated carbocycles. The molecule has 0 aliphatic carbocycles. The van der Waals surface area contributed by atoms with Gasteiger partial charge in [-0.2, -0.15) is 8.42 Å². The molecule has 0 saturated heterocycles. The first-order valence-electron chi connectivity index (χ1n) is 10.0. The van der Waals surface area contributed by atoms with E-state index in [4.69, 9.17) is 29.3 Å². The van der Waals surface area contributed by atoms with Gasteiger partial charge in [0, 0.05) is 5.54 Å². The fourth-order valence-corrected chi connectivity index (χ4v) is 2.92.